The Hall–Kier alpha value is -1.90. The third kappa shape index (κ3) is 3.41. The van der Waals surface area contributed by atoms with E-state index in [1.165, 1.54) is 4.57 Å². The molecule has 0 unspecified atom stereocenters. The summed E-state index contributed by atoms with van der Waals surface area (Å²) in [5.74, 6) is -1.58. The van der Waals surface area contributed by atoms with Crippen LogP contribution in [0.3, 0.4) is 0 Å². The van der Waals surface area contributed by atoms with Crippen LogP contribution in [-0.4, -0.2) is 26.3 Å². The fourth-order valence-corrected chi connectivity index (χ4v) is 2.54. The maximum Gasteiger partial charge on any atom is 0.343 e. The lowest BCUT2D eigenvalue weighted by Gasteiger charge is -2.08. The molecule has 2 N–H and O–H groups in total. The lowest BCUT2D eigenvalue weighted by molar-refractivity contribution is 0.549. The van der Waals surface area contributed by atoms with Crippen molar-refractivity contribution in [3.8, 4) is 0 Å². The lowest BCUT2D eigenvalue weighted by atomic mass is 10.4. The summed E-state index contributed by atoms with van der Waals surface area (Å²) in [4.78, 5) is 15.5. The summed E-state index contributed by atoms with van der Waals surface area (Å²) in [7, 11) is 0. The van der Waals surface area contributed by atoms with Crippen molar-refractivity contribution in [1.82, 2.24) is 19.7 Å². The largest absolute Gasteiger partial charge is 0.368 e. The molecule has 0 aromatic carbocycles. The second-order valence-electron chi connectivity index (χ2n) is 4.20. The number of halogens is 2. The minimum atomic E-state index is -0.794. The first-order chi connectivity index (χ1) is 10.1. The number of nitrogens with one attached hydrogen (secondary N) is 2. The second kappa shape index (κ2) is 6.70. The van der Waals surface area contributed by atoms with Crippen LogP contribution in [0.4, 0.5) is 14.6 Å². The highest BCUT2D eigenvalue weighted by molar-refractivity contribution is 7.99. The first-order valence-corrected chi connectivity index (χ1v) is 7.31. The Balaban J connectivity index is 2.35. The highest BCUT2D eigenvalue weighted by Gasteiger charge is 2.16. The summed E-state index contributed by atoms with van der Waals surface area (Å²) < 4.78 is 28.7. The van der Waals surface area contributed by atoms with Crippen LogP contribution in [0, 0.1) is 11.6 Å². The Kier molecular flexibility index (Phi) is 4.94. The monoisotopic (exact) mass is 315 g/mol. The van der Waals surface area contributed by atoms with Crippen molar-refractivity contribution < 1.29 is 8.78 Å². The Morgan fingerprint density at radius 3 is 2.81 bits per heavy atom. The first kappa shape index (κ1) is 15.5. The molecule has 2 aromatic rings. The Bertz CT molecular complexity index is 685. The van der Waals surface area contributed by atoms with Crippen molar-refractivity contribution >= 4 is 17.6 Å². The average molecular weight is 315 g/mol. The molecule has 0 fully saturated rings. The molecular formula is C12H15F2N5OS. The van der Waals surface area contributed by atoms with Gasteiger partial charge in [0.05, 0.1) is 0 Å². The molecule has 21 heavy (non-hydrogen) atoms. The smallest absolute Gasteiger partial charge is 0.343 e. The standard InChI is InChI=1S/C12H15F2N5OS/c1-3-5-19-11(20)17-18-12(19)21-10-8(14)6-7(13)9(16-10)15-4-2/h6H,3-5H2,1-2H3,(H,15,16)(H,17,20). The van der Waals surface area contributed by atoms with Gasteiger partial charge >= 0.3 is 5.69 Å². The molecule has 0 bridgehead atoms. The molecule has 0 atom stereocenters. The molecule has 2 heterocycles. The fourth-order valence-electron chi connectivity index (χ4n) is 1.70. The van der Waals surface area contributed by atoms with Gasteiger partial charge in [0, 0.05) is 19.2 Å². The van der Waals surface area contributed by atoms with Gasteiger partial charge in [-0.25, -0.2) is 23.7 Å². The quantitative estimate of drug-likeness (QED) is 0.855. The molecule has 0 radical (unpaired) electrons. The fraction of sp³-hybridized carbons (Fsp3) is 0.417. The van der Waals surface area contributed by atoms with Crippen LogP contribution in [0.15, 0.2) is 21.0 Å². The number of hydrogen-bond acceptors (Lipinski definition) is 5. The maximum absolute atomic E-state index is 13.8. The van der Waals surface area contributed by atoms with Crippen molar-refractivity contribution in [2.45, 2.75) is 37.0 Å². The van der Waals surface area contributed by atoms with Gasteiger partial charge in [0.1, 0.15) is 5.03 Å². The zero-order valence-corrected chi connectivity index (χ0v) is 12.4. The zero-order chi connectivity index (χ0) is 15.4. The average Bonchev–Trinajstić information content (AvgIpc) is 2.77. The van der Waals surface area contributed by atoms with Gasteiger partial charge in [0.15, 0.2) is 22.6 Å². The van der Waals surface area contributed by atoms with Crippen LogP contribution < -0.4 is 11.0 Å². The molecule has 6 nitrogen and oxygen atoms in total. The van der Waals surface area contributed by atoms with Crippen LogP contribution in [0.5, 0.6) is 0 Å². The van der Waals surface area contributed by atoms with E-state index < -0.39 is 11.6 Å². The van der Waals surface area contributed by atoms with Crippen LogP contribution in [0.2, 0.25) is 0 Å². The highest BCUT2D eigenvalue weighted by Crippen LogP contribution is 2.28. The summed E-state index contributed by atoms with van der Waals surface area (Å²) in [5, 5.41) is 9.11. The van der Waals surface area contributed by atoms with Gasteiger partial charge in [-0.1, -0.05) is 6.92 Å². The number of anilines is 1. The molecule has 0 amide bonds. The Labute approximate surface area is 124 Å². The van der Waals surface area contributed by atoms with E-state index in [2.05, 4.69) is 20.5 Å². The van der Waals surface area contributed by atoms with Crippen molar-refractivity contribution in [2.75, 3.05) is 11.9 Å². The SMILES string of the molecule is CCCn1c(Sc2nc(NCC)c(F)cc2F)n[nH]c1=O. The maximum atomic E-state index is 13.8. The molecule has 0 aliphatic carbocycles. The van der Waals surface area contributed by atoms with E-state index in [9.17, 15) is 13.6 Å². The molecule has 0 aliphatic heterocycles. The molecule has 2 aromatic heterocycles. The highest BCUT2D eigenvalue weighted by atomic mass is 32.2. The molecule has 2 rings (SSSR count). The Morgan fingerprint density at radius 1 is 1.38 bits per heavy atom. The molecule has 0 spiro atoms. The van der Waals surface area contributed by atoms with E-state index in [0.717, 1.165) is 24.2 Å². The normalized spacial score (nSPS) is 10.9. The van der Waals surface area contributed by atoms with Crippen LogP contribution >= 0.6 is 11.8 Å². The second-order valence-corrected chi connectivity index (χ2v) is 5.16. The summed E-state index contributed by atoms with van der Waals surface area (Å²) in [6.07, 6.45) is 0.731. The molecule has 114 valence electrons. The van der Waals surface area contributed by atoms with Crippen LogP contribution in [-0.2, 0) is 6.54 Å². The predicted molar refractivity (Wildman–Crippen MR) is 75.6 cm³/mol. The van der Waals surface area contributed by atoms with Gasteiger partial charge in [-0.2, -0.15) is 0 Å². The van der Waals surface area contributed by atoms with E-state index in [1.807, 2.05) is 6.92 Å². The number of aromatic nitrogens is 4. The third-order valence-electron chi connectivity index (χ3n) is 2.60. The van der Waals surface area contributed by atoms with E-state index in [0.29, 0.717) is 18.2 Å². The van der Waals surface area contributed by atoms with Gasteiger partial charge in [-0.3, -0.25) is 4.57 Å². The lowest BCUT2D eigenvalue weighted by Crippen LogP contribution is -2.17. The van der Waals surface area contributed by atoms with Crippen molar-refractivity contribution in [1.29, 1.82) is 0 Å². The first-order valence-electron chi connectivity index (χ1n) is 6.49. The van der Waals surface area contributed by atoms with Gasteiger partial charge < -0.3 is 5.32 Å². The minimum Gasteiger partial charge on any atom is -0.368 e. The third-order valence-corrected chi connectivity index (χ3v) is 3.57. The van der Waals surface area contributed by atoms with Crippen molar-refractivity contribution in [2.24, 2.45) is 0 Å². The van der Waals surface area contributed by atoms with E-state index in [-0.39, 0.29) is 16.5 Å². The van der Waals surface area contributed by atoms with Gasteiger partial charge in [0.25, 0.3) is 0 Å². The van der Waals surface area contributed by atoms with Crippen molar-refractivity contribution in [3.63, 3.8) is 0 Å². The van der Waals surface area contributed by atoms with E-state index >= 15 is 0 Å². The van der Waals surface area contributed by atoms with Crippen LogP contribution in [0.1, 0.15) is 20.3 Å². The number of aromatic amines is 1. The number of H-pyrrole nitrogens is 1. The summed E-state index contributed by atoms with van der Waals surface area (Å²) in [5.41, 5.74) is -0.367. The van der Waals surface area contributed by atoms with Crippen LogP contribution in [0.25, 0.3) is 0 Å². The summed E-state index contributed by atoms with van der Waals surface area (Å²) in [6, 6.07) is 0.766. The zero-order valence-electron chi connectivity index (χ0n) is 11.6. The van der Waals surface area contributed by atoms with E-state index in [1.54, 1.807) is 6.92 Å². The number of pyridine rings is 1. The number of rotatable bonds is 6. The topological polar surface area (TPSA) is 75.6 Å². The summed E-state index contributed by atoms with van der Waals surface area (Å²) in [6.45, 7) is 4.61. The number of nitrogens with zero attached hydrogens (tertiary/aromatic N) is 3. The van der Waals surface area contributed by atoms with Gasteiger partial charge in [0.2, 0.25) is 0 Å². The molecule has 0 saturated heterocycles. The molecule has 0 aliphatic rings. The molecular weight excluding hydrogens is 300 g/mol. The van der Waals surface area contributed by atoms with E-state index in [4.69, 9.17) is 0 Å². The minimum absolute atomic E-state index is 0.0266. The summed E-state index contributed by atoms with van der Waals surface area (Å²) >= 11 is 0.878. The molecule has 9 heteroatoms. The number of hydrogen-bond donors (Lipinski definition) is 2. The van der Waals surface area contributed by atoms with Gasteiger partial charge in [-0.05, 0) is 25.1 Å². The Morgan fingerprint density at radius 2 is 2.14 bits per heavy atom. The molecule has 0 saturated carbocycles. The van der Waals surface area contributed by atoms with Gasteiger partial charge in [-0.15, -0.1) is 5.10 Å². The predicted octanol–water partition coefficient (Wildman–Crippen LogP) is 2.24. The van der Waals surface area contributed by atoms with Crippen molar-refractivity contribution in [3.05, 3.63) is 28.2 Å².